The van der Waals surface area contributed by atoms with Gasteiger partial charge in [-0.15, -0.1) is 0 Å². The largest absolute Gasteiger partial charge is 0.397 e. The Morgan fingerprint density at radius 3 is 2.38 bits per heavy atom. The summed E-state index contributed by atoms with van der Waals surface area (Å²) in [6, 6.07) is 0. The molecule has 4 saturated carbocycles. The standard InChI is InChI=1S/C32H56O12S/c1-17(15-42-29-28(37)27(36)23(34)16-43-29)6-5-7-18(2)22-13-24(44-45(39,40)41)26-20-12-25(35)32(38)14-19(33)8-11-31(32,4)21(20)9-10-30(22,26)3/h17-29,33-38H,5-16H2,1-4H3,(H,39,40,41). The van der Waals surface area contributed by atoms with E-state index in [4.69, 9.17) is 13.7 Å². The molecule has 0 radical (unpaired) electrons. The SMILES string of the molecule is CC(CCCC(C)C1CC(OS(=O)(=O)O)C2C3CC(O)C4(O)CC(O)CCC4(C)C3CCC12C)COC1OCC(O)C(O)C1O. The highest BCUT2D eigenvalue weighted by molar-refractivity contribution is 7.80. The van der Waals surface area contributed by atoms with E-state index in [0.29, 0.717) is 32.3 Å². The van der Waals surface area contributed by atoms with E-state index in [1.165, 1.54) is 0 Å². The number of aliphatic hydroxyl groups excluding tert-OH is 5. The molecule has 1 aliphatic heterocycles. The third kappa shape index (κ3) is 6.62. The summed E-state index contributed by atoms with van der Waals surface area (Å²) in [5.74, 6) is 0.193. The van der Waals surface area contributed by atoms with Crippen LogP contribution in [-0.2, 0) is 24.1 Å². The summed E-state index contributed by atoms with van der Waals surface area (Å²) in [4.78, 5) is 0. The molecule has 0 amide bonds. The van der Waals surface area contributed by atoms with Crippen LogP contribution in [0.4, 0.5) is 0 Å². The van der Waals surface area contributed by atoms with Crippen molar-refractivity contribution in [1.29, 1.82) is 0 Å². The molecule has 1 saturated heterocycles. The van der Waals surface area contributed by atoms with Gasteiger partial charge in [0.05, 0.1) is 37.1 Å². The Bertz CT molecular complexity index is 1140. The molecule has 262 valence electrons. The average molecular weight is 665 g/mol. The number of hydrogen-bond acceptors (Lipinski definition) is 11. The molecular weight excluding hydrogens is 608 g/mol. The topological polar surface area (TPSA) is 203 Å². The number of aliphatic hydroxyl groups is 6. The molecule has 45 heavy (non-hydrogen) atoms. The molecule has 0 aromatic rings. The summed E-state index contributed by atoms with van der Waals surface area (Å²) in [6.07, 6.45) is -0.954. The van der Waals surface area contributed by atoms with Crippen molar-refractivity contribution in [1.82, 2.24) is 0 Å². The van der Waals surface area contributed by atoms with Gasteiger partial charge in [0.2, 0.25) is 0 Å². The first-order valence-electron chi connectivity index (χ1n) is 16.9. The highest BCUT2D eigenvalue weighted by Gasteiger charge is 2.69. The van der Waals surface area contributed by atoms with Crippen LogP contribution >= 0.6 is 0 Å². The average Bonchev–Trinajstić information content (AvgIpc) is 3.24. The quantitative estimate of drug-likeness (QED) is 0.167. The van der Waals surface area contributed by atoms with Crippen molar-refractivity contribution in [3.63, 3.8) is 0 Å². The Morgan fingerprint density at radius 2 is 1.69 bits per heavy atom. The van der Waals surface area contributed by atoms with Crippen LogP contribution in [-0.4, -0.2) is 105 Å². The fraction of sp³-hybridized carbons (Fsp3) is 1.00. The van der Waals surface area contributed by atoms with E-state index in [-0.39, 0.29) is 54.0 Å². The molecule has 13 heteroatoms. The lowest BCUT2D eigenvalue weighted by atomic mass is 9.42. The van der Waals surface area contributed by atoms with E-state index in [0.717, 1.165) is 32.1 Å². The number of rotatable bonds is 10. The Labute approximate surface area is 267 Å². The Balaban J connectivity index is 1.25. The van der Waals surface area contributed by atoms with Gasteiger partial charge in [-0.25, -0.2) is 4.18 Å². The van der Waals surface area contributed by atoms with Gasteiger partial charge in [0.1, 0.15) is 18.3 Å². The molecule has 0 spiro atoms. The number of ether oxygens (including phenoxy) is 2. The van der Waals surface area contributed by atoms with Crippen molar-refractivity contribution in [3.8, 4) is 0 Å². The van der Waals surface area contributed by atoms with Crippen molar-refractivity contribution in [2.45, 2.75) is 140 Å². The molecule has 12 nitrogen and oxygen atoms in total. The predicted molar refractivity (Wildman–Crippen MR) is 162 cm³/mol. The molecule has 0 aromatic carbocycles. The van der Waals surface area contributed by atoms with E-state index in [1.54, 1.807) is 0 Å². The lowest BCUT2D eigenvalue weighted by molar-refractivity contribution is -0.272. The van der Waals surface area contributed by atoms with Crippen LogP contribution in [0.3, 0.4) is 0 Å². The minimum absolute atomic E-state index is 0.0231. The lowest BCUT2D eigenvalue weighted by Crippen LogP contribution is -2.69. The fourth-order valence-electron chi connectivity index (χ4n) is 10.7. The maximum absolute atomic E-state index is 12.1. The van der Waals surface area contributed by atoms with Gasteiger partial charge in [0.25, 0.3) is 0 Å². The summed E-state index contributed by atoms with van der Waals surface area (Å²) in [6.45, 7) is 8.66. The van der Waals surface area contributed by atoms with Gasteiger partial charge in [-0.05, 0) is 85.9 Å². The molecular formula is C32H56O12S. The molecule has 4 aliphatic carbocycles. The van der Waals surface area contributed by atoms with Crippen molar-refractivity contribution in [3.05, 3.63) is 0 Å². The minimum atomic E-state index is -4.71. The molecule has 5 rings (SSSR count). The highest BCUT2D eigenvalue weighted by atomic mass is 32.3. The van der Waals surface area contributed by atoms with Crippen LogP contribution in [0.1, 0.15) is 91.9 Å². The van der Waals surface area contributed by atoms with Gasteiger partial charge in [-0.3, -0.25) is 4.55 Å². The maximum atomic E-state index is 12.1. The van der Waals surface area contributed by atoms with Gasteiger partial charge >= 0.3 is 10.4 Å². The first-order chi connectivity index (χ1) is 20.9. The third-order valence-electron chi connectivity index (χ3n) is 13.2. The van der Waals surface area contributed by atoms with Gasteiger partial charge in [0.15, 0.2) is 6.29 Å². The molecule has 7 N–H and O–H groups in total. The van der Waals surface area contributed by atoms with Crippen LogP contribution < -0.4 is 0 Å². The van der Waals surface area contributed by atoms with Gasteiger partial charge in [-0.2, -0.15) is 8.42 Å². The summed E-state index contributed by atoms with van der Waals surface area (Å²) in [7, 11) is -4.71. The van der Waals surface area contributed by atoms with Crippen molar-refractivity contribution >= 4 is 10.4 Å². The number of hydrogen-bond donors (Lipinski definition) is 7. The second kappa shape index (κ2) is 13.1. The first kappa shape index (κ1) is 35.8. The van der Waals surface area contributed by atoms with Gasteiger partial charge in [-0.1, -0.05) is 40.5 Å². The molecule has 1 heterocycles. The third-order valence-corrected chi connectivity index (χ3v) is 13.6. The van der Waals surface area contributed by atoms with E-state index < -0.39 is 64.3 Å². The maximum Gasteiger partial charge on any atom is 0.397 e. The monoisotopic (exact) mass is 664 g/mol. The van der Waals surface area contributed by atoms with E-state index in [2.05, 4.69) is 13.8 Å². The molecule has 16 atom stereocenters. The summed E-state index contributed by atoms with van der Waals surface area (Å²) in [5, 5.41) is 63.2. The number of fused-ring (bicyclic) bond motifs is 5. The Hall–Kier alpha value is -0.450. The van der Waals surface area contributed by atoms with Crippen LogP contribution in [0.5, 0.6) is 0 Å². The predicted octanol–water partition coefficient (Wildman–Crippen LogP) is 1.79. The van der Waals surface area contributed by atoms with Crippen LogP contribution in [0.15, 0.2) is 0 Å². The second-order valence-electron chi connectivity index (χ2n) is 15.8. The smallest absolute Gasteiger partial charge is 0.393 e. The fourth-order valence-corrected chi connectivity index (χ4v) is 11.2. The zero-order valence-electron chi connectivity index (χ0n) is 27.1. The normalized spacial score (nSPS) is 49.9. The second-order valence-corrected chi connectivity index (χ2v) is 16.9. The zero-order valence-corrected chi connectivity index (χ0v) is 27.9. The van der Waals surface area contributed by atoms with Crippen LogP contribution in [0.2, 0.25) is 0 Å². The lowest BCUT2D eigenvalue weighted by Gasteiger charge is -2.65. The van der Waals surface area contributed by atoms with Crippen molar-refractivity contribution in [2.75, 3.05) is 13.2 Å². The highest BCUT2D eigenvalue weighted by Crippen LogP contribution is 2.69. The van der Waals surface area contributed by atoms with E-state index >= 15 is 0 Å². The van der Waals surface area contributed by atoms with Gasteiger partial charge < -0.3 is 40.1 Å². The molecule has 0 bridgehead atoms. The summed E-state index contributed by atoms with van der Waals surface area (Å²) in [5.41, 5.74) is -2.33. The molecule has 5 fully saturated rings. The van der Waals surface area contributed by atoms with Crippen LogP contribution in [0.25, 0.3) is 0 Å². The van der Waals surface area contributed by atoms with Crippen LogP contribution in [0, 0.1) is 46.3 Å². The van der Waals surface area contributed by atoms with Crippen molar-refractivity contribution in [2.24, 2.45) is 46.3 Å². The molecule has 16 unspecified atom stereocenters. The Morgan fingerprint density at radius 1 is 0.978 bits per heavy atom. The first-order valence-corrected chi connectivity index (χ1v) is 18.3. The van der Waals surface area contributed by atoms with E-state index in [9.17, 15) is 43.6 Å². The molecule has 5 aliphatic rings. The molecule has 0 aromatic heterocycles. The zero-order chi connectivity index (χ0) is 33.1. The minimum Gasteiger partial charge on any atom is -0.393 e. The van der Waals surface area contributed by atoms with Gasteiger partial charge in [0, 0.05) is 11.8 Å². The van der Waals surface area contributed by atoms with E-state index in [1.807, 2.05) is 13.8 Å². The summed E-state index contributed by atoms with van der Waals surface area (Å²) >= 11 is 0. The van der Waals surface area contributed by atoms with Crippen molar-refractivity contribution < 1.29 is 57.3 Å². The Kier molecular flexibility index (Phi) is 10.4. The summed E-state index contributed by atoms with van der Waals surface area (Å²) < 4.78 is 50.4.